The minimum Gasteiger partial charge on any atom is -0.322 e. The lowest BCUT2D eigenvalue weighted by atomic mass is 10.2. The van der Waals surface area contributed by atoms with Crippen molar-refractivity contribution in [2.45, 2.75) is 13.8 Å². The van der Waals surface area contributed by atoms with Gasteiger partial charge in [0.1, 0.15) is 18.2 Å². The highest BCUT2D eigenvalue weighted by atomic mass is 19.1. The van der Waals surface area contributed by atoms with E-state index in [-0.39, 0.29) is 18.1 Å². The van der Waals surface area contributed by atoms with Gasteiger partial charge in [0.25, 0.3) is 0 Å². The van der Waals surface area contributed by atoms with Crippen LogP contribution >= 0.6 is 0 Å². The van der Waals surface area contributed by atoms with E-state index < -0.39 is 17.5 Å². The van der Waals surface area contributed by atoms with Crippen molar-refractivity contribution in [3.8, 4) is 0 Å². The molecule has 0 aliphatic heterocycles. The molecule has 0 aliphatic carbocycles. The second kappa shape index (κ2) is 7.00. The summed E-state index contributed by atoms with van der Waals surface area (Å²) in [6.07, 6.45) is 0. The van der Waals surface area contributed by atoms with Gasteiger partial charge in [-0.1, -0.05) is 18.2 Å². The number of carbonyl (C=O) groups excluding carboxylic acids is 2. The summed E-state index contributed by atoms with van der Waals surface area (Å²) in [4.78, 5) is 25.2. The Hall–Kier alpha value is -2.76. The van der Waals surface area contributed by atoms with Crippen molar-refractivity contribution in [3.05, 3.63) is 59.7 Å². The molecule has 2 amide bonds. The third kappa shape index (κ3) is 4.12. The average molecular weight is 318 g/mol. The van der Waals surface area contributed by atoms with Crippen LogP contribution in [0.1, 0.15) is 12.5 Å². The number of hydrogen-bond donors (Lipinski definition) is 1. The smallest absolute Gasteiger partial charge is 0.244 e. The quantitative estimate of drug-likeness (QED) is 0.940. The Morgan fingerprint density at radius 1 is 1.13 bits per heavy atom. The number of nitrogens with zero attached hydrogens (tertiary/aromatic N) is 1. The van der Waals surface area contributed by atoms with E-state index in [1.165, 1.54) is 11.8 Å². The fourth-order valence-corrected chi connectivity index (χ4v) is 2.16. The number of para-hydroxylation sites is 1. The zero-order valence-electron chi connectivity index (χ0n) is 12.8. The van der Waals surface area contributed by atoms with E-state index in [4.69, 9.17) is 0 Å². The predicted octanol–water partition coefficient (Wildman–Crippen LogP) is 3.26. The van der Waals surface area contributed by atoms with Crippen LogP contribution in [0.2, 0.25) is 0 Å². The van der Waals surface area contributed by atoms with Crippen LogP contribution in [0.25, 0.3) is 0 Å². The van der Waals surface area contributed by atoms with Gasteiger partial charge in [-0.2, -0.15) is 0 Å². The monoisotopic (exact) mass is 318 g/mol. The normalized spacial score (nSPS) is 10.3. The van der Waals surface area contributed by atoms with E-state index in [0.717, 1.165) is 17.7 Å². The first kappa shape index (κ1) is 16.6. The summed E-state index contributed by atoms with van der Waals surface area (Å²) in [5.41, 5.74) is 1.31. The minimum absolute atomic E-state index is 0.135. The van der Waals surface area contributed by atoms with Crippen molar-refractivity contribution in [2.75, 3.05) is 16.8 Å². The molecule has 0 fully saturated rings. The van der Waals surface area contributed by atoms with Gasteiger partial charge >= 0.3 is 0 Å². The molecule has 2 aromatic rings. The van der Waals surface area contributed by atoms with E-state index in [1.807, 2.05) is 19.1 Å². The molecule has 0 heterocycles. The van der Waals surface area contributed by atoms with Crippen LogP contribution in [-0.4, -0.2) is 18.4 Å². The zero-order chi connectivity index (χ0) is 17.0. The summed E-state index contributed by atoms with van der Waals surface area (Å²) >= 11 is 0. The van der Waals surface area contributed by atoms with Gasteiger partial charge in [-0.15, -0.1) is 0 Å². The number of rotatable bonds is 4. The number of carbonyl (C=O) groups is 2. The largest absolute Gasteiger partial charge is 0.322 e. The van der Waals surface area contributed by atoms with Gasteiger partial charge in [0, 0.05) is 18.7 Å². The maximum Gasteiger partial charge on any atom is 0.244 e. The Morgan fingerprint density at radius 3 is 2.43 bits per heavy atom. The molecule has 1 N–H and O–H groups in total. The molecule has 0 saturated heterocycles. The lowest BCUT2D eigenvalue weighted by Gasteiger charge is -2.22. The number of anilines is 2. The maximum absolute atomic E-state index is 13.6. The van der Waals surface area contributed by atoms with Crippen molar-refractivity contribution in [2.24, 2.45) is 0 Å². The molecular weight excluding hydrogens is 302 g/mol. The molecule has 23 heavy (non-hydrogen) atoms. The molecule has 120 valence electrons. The Balaban J connectivity index is 2.16. The standard InChI is InChI=1S/C17H16F2N2O2/c1-11-5-3-4-6-16(11)21(12(2)22)10-17(23)20-15-8-7-13(18)9-14(15)19/h3-9H,10H2,1-2H3,(H,20,23). The highest BCUT2D eigenvalue weighted by molar-refractivity contribution is 6.02. The highest BCUT2D eigenvalue weighted by Gasteiger charge is 2.18. The Labute approximate surface area is 132 Å². The number of amides is 2. The Bertz CT molecular complexity index is 747. The van der Waals surface area contributed by atoms with Gasteiger partial charge in [-0.05, 0) is 30.7 Å². The average Bonchev–Trinajstić information content (AvgIpc) is 2.48. The molecule has 0 unspecified atom stereocenters. The molecule has 6 heteroatoms. The van der Waals surface area contributed by atoms with Crippen molar-refractivity contribution in [1.29, 1.82) is 0 Å². The number of halogens is 2. The van der Waals surface area contributed by atoms with Gasteiger partial charge in [0.15, 0.2) is 0 Å². The van der Waals surface area contributed by atoms with Gasteiger partial charge in [-0.3, -0.25) is 9.59 Å². The van der Waals surface area contributed by atoms with Crippen LogP contribution in [-0.2, 0) is 9.59 Å². The molecule has 0 bridgehead atoms. The molecule has 0 radical (unpaired) electrons. The number of hydrogen-bond acceptors (Lipinski definition) is 2. The molecule has 4 nitrogen and oxygen atoms in total. The van der Waals surface area contributed by atoms with Gasteiger partial charge in [0.2, 0.25) is 11.8 Å². The van der Waals surface area contributed by atoms with E-state index in [2.05, 4.69) is 5.32 Å². The Morgan fingerprint density at radius 2 is 1.83 bits per heavy atom. The van der Waals surface area contributed by atoms with Crippen molar-refractivity contribution in [1.82, 2.24) is 0 Å². The molecule has 0 aliphatic rings. The lowest BCUT2D eigenvalue weighted by Crippen LogP contribution is -2.37. The Kier molecular flexibility index (Phi) is 5.05. The highest BCUT2D eigenvalue weighted by Crippen LogP contribution is 2.20. The van der Waals surface area contributed by atoms with E-state index in [9.17, 15) is 18.4 Å². The molecule has 2 rings (SSSR count). The molecule has 2 aromatic carbocycles. The fraction of sp³-hybridized carbons (Fsp3) is 0.176. The van der Waals surface area contributed by atoms with Gasteiger partial charge in [-0.25, -0.2) is 8.78 Å². The first-order valence-electron chi connectivity index (χ1n) is 6.97. The van der Waals surface area contributed by atoms with Crippen molar-refractivity contribution >= 4 is 23.2 Å². The molecule has 0 aromatic heterocycles. The maximum atomic E-state index is 13.6. The predicted molar refractivity (Wildman–Crippen MR) is 84.2 cm³/mol. The van der Waals surface area contributed by atoms with Crippen LogP contribution in [0.5, 0.6) is 0 Å². The topological polar surface area (TPSA) is 49.4 Å². The van der Waals surface area contributed by atoms with Crippen molar-refractivity contribution < 1.29 is 18.4 Å². The van der Waals surface area contributed by atoms with Crippen LogP contribution in [0.4, 0.5) is 20.2 Å². The number of aryl methyl sites for hydroxylation is 1. The van der Waals surface area contributed by atoms with Crippen LogP contribution < -0.4 is 10.2 Å². The first-order valence-corrected chi connectivity index (χ1v) is 6.97. The molecule has 0 saturated carbocycles. The SMILES string of the molecule is CC(=O)N(CC(=O)Nc1ccc(F)cc1F)c1ccccc1C. The van der Waals surface area contributed by atoms with Crippen molar-refractivity contribution in [3.63, 3.8) is 0 Å². The number of benzene rings is 2. The van der Waals surface area contributed by atoms with Crippen LogP contribution in [0, 0.1) is 18.6 Å². The second-order valence-corrected chi connectivity index (χ2v) is 5.06. The zero-order valence-corrected chi connectivity index (χ0v) is 12.8. The van der Waals surface area contributed by atoms with Crippen LogP contribution in [0.15, 0.2) is 42.5 Å². The summed E-state index contributed by atoms with van der Waals surface area (Å²) in [6, 6.07) is 9.99. The van der Waals surface area contributed by atoms with E-state index >= 15 is 0 Å². The van der Waals surface area contributed by atoms with Crippen LogP contribution in [0.3, 0.4) is 0 Å². The second-order valence-electron chi connectivity index (χ2n) is 5.06. The fourth-order valence-electron chi connectivity index (χ4n) is 2.16. The summed E-state index contributed by atoms with van der Waals surface area (Å²) in [7, 11) is 0. The third-order valence-corrected chi connectivity index (χ3v) is 3.29. The van der Waals surface area contributed by atoms with E-state index in [0.29, 0.717) is 11.8 Å². The van der Waals surface area contributed by atoms with E-state index in [1.54, 1.807) is 12.1 Å². The summed E-state index contributed by atoms with van der Waals surface area (Å²) in [5, 5.41) is 2.34. The van der Waals surface area contributed by atoms with Gasteiger partial charge in [0.05, 0.1) is 5.69 Å². The molecule has 0 spiro atoms. The summed E-state index contributed by atoms with van der Waals surface area (Å²) in [5.74, 6) is -2.49. The molecular formula is C17H16F2N2O2. The first-order chi connectivity index (χ1) is 10.9. The minimum atomic E-state index is -0.872. The summed E-state index contributed by atoms with van der Waals surface area (Å²) in [6.45, 7) is 2.90. The third-order valence-electron chi connectivity index (χ3n) is 3.29. The summed E-state index contributed by atoms with van der Waals surface area (Å²) < 4.78 is 26.4. The van der Waals surface area contributed by atoms with Gasteiger partial charge < -0.3 is 10.2 Å². The number of nitrogens with one attached hydrogen (secondary N) is 1. The molecule has 0 atom stereocenters. The lowest BCUT2D eigenvalue weighted by molar-refractivity contribution is -0.120.